The van der Waals surface area contributed by atoms with E-state index in [4.69, 9.17) is 14.6 Å². The second-order valence-electron chi connectivity index (χ2n) is 7.93. The first-order valence-electron chi connectivity index (χ1n) is 10.4. The van der Waals surface area contributed by atoms with Gasteiger partial charge in [-0.05, 0) is 76.0 Å². The molecule has 0 unspecified atom stereocenters. The van der Waals surface area contributed by atoms with Crippen molar-refractivity contribution in [1.82, 2.24) is 15.0 Å². The largest absolute Gasteiger partial charge is 0.383 e. The minimum absolute atomic E-state index is 0.0108. The van der Waals surface area contributed by atoms with Crippen LogP contribution in [0, 0.1) is 15.9 Å². The summed E-state index contributed by atoms with van der Waals surface area (Å²) in [4.78, 5) is 16.2. The Labute approximate surface area is 218 Å². The average molecular weight is 601 g/mol. The van der Waals surface area contributed by atoms with Crippen molar-refractivity contribution in [2.75, 3.05) is 23.7 Å². The van der Waals surface area contributed by atoms with Gasteiger partial charge in [-0.15, -0.1) is 0 Å². The third-order valence-electron chi connectivity index (χ3n) is 4.75. The van der Waals surface area contributed by atoms with Crippen LogP contribution in [-0.4, -0.2) is 42.6 Å². The summed E-state index contributed by atoms with van der Waals surface area (Å²) in [6.07, 6.45) is 0. The Hall–Kier alpha value is -3.67. The lowest BCUT2D eigenvalue weighted by atomic mass is 9.98. The van der Waals surface area contributed by atoms with Crippen molar-refractivity contribution < 1.29 is 27.2 Å². The van der Waals surface area contributed by atoms with Crippen LogP contribution in [0.3, 0.4) is 0 Å². The molecule has 0 saturated carbocycles. The summed E-state index contributed by atoms with van der Waals surface area (Å²) in [6, 6.07) is 9.92. The molecule has 0 fully saturated rings. The van der Waals surface area contributed by atoms with Crippen LogP contribution in [0.2, 0.25) is 0 Å². The van der Waals surface area contributed by atoms with Crippen molar-refractivity contribution >= 4 is 49.2 Å². The van der Waals surface area contributed by atoms with Crippen LogP contribution >= 0.6 is 15.9 Å². The van der Waals surface area contributed by atoms with Crippen LogP contribution in [0.15, 0.2) is 56.7 Å². The zero-order valence-corrected chi connectivity index (χ0v) is 21.8. The number of anilines is 2. The summed E-state index contributed by atoms with van der Waals surface area (Å²) in [7, 11) is -3.88. The quantitative estimate of drug-likeness (QED) is 0.0833. The lowest BCUT2D eigenvalue weighted by molar-refractivity contribution is -0.384. The summed E-state index contributed by atoms with van der Waals surface area (Å²) in [6.45, 7) is 3.41. The van der Waals surface area contributed by atoms with E-state index in [1.54, 1.807) is 26.0 Å². The number of halogens is 2. The molecule has 0 amide bonds. The number of benzene rings is 2. The van der Waals surface area contributed by atoms with Gasteiger partial charge < -0.3 is 15.5 Å². The van der Waals surface area contributed by atoms with Crippen molar-refractivity contribution in [3.05, 3.63) is 74.1 Å². The molecule has 0 radical (unpaired) electrons. The molecule has 37 heavy (non-hydrogen) atoms. The Kier molecular flexibility index (Phi) is 8.74. The standard InChI is InChI=1S/C20H22BrFN8O6S/c1-20(2,12-3-6-14(7-4-12)30(31)32)35-28-19(26-13-5-8-16(22)15(21)11-13)17-18(29-36-27-17)24-9-10-25-37(23,33)34/h3-8,11,25H,9-10H2,1-2H3,(H,24,29)(H,26,28)(H2,23,33,34). The number of nitro groups is 1. The van der Waals surface area contributed by atoms with Gasteiger partial charge in [-0.1, -0.05) is 5.16 Å². The molecule has 3 aromatic rings. The average Bonchev–Trinajstić information content (AvgIpc) is 3.29. The Morgan fingerprint density at radius 2 is 1.95 bits per heavy atom. The molecule has 0 aliphatic carbocycles. The Balaban J connectivity index is 1.88. The highest BCUT2D eigenvalue weighted by atomic mass is 79.9. The number of nitrogens with two attached hydrogens (primary N) is 1. The van der Waals surface area contributed by atoms with E-state index in [0.717, 1.165) is 0 Å². The number of oxime groups is 1. The van der Waals surface area contributed by atoms with Crippen molar-refractivity contribution in [2.45, 2.75) is 19.4 Å². The number of nitrogens with zero attached hydrogens (tertiary/aromatic N) is 4. The van der Waals surface area contributed by atoms with Crippen LogP contribution in [0.5, 0.6) is 0 Å². The number of rotatable bonds is 11. The zero-order chi connectivity index (χ0) is 27.2. The van der Waals surface area contributed by atoms with Gasteiger partial charge >= 0.3 is 0 Å². The van der Waals surface area contributed by atoms with Gasteiger partial charge in [0.2, 0.25) is 11.7 Å². The fourth-order valence-electron chi connectivity index (χ4n) is 2.87. The Bertz CT molecular complexity index is 1400. The van der Waals surface area contributed by atoms with Gasteiger partial charge in [0.25, 0.3) is 15.9 Å². The summed E-state index contributed by atoms with van der Waals surface area (Å²) in [5.41, 5.74) is -0.0514. The molecule has 5 N–H and O–H groups in total. The number of amidine groups is 1. The molecule has 1 heterocycles. The normalized spacial score (nSPS) is 12.3. The van der Waals surface area contributed by atoms with Gasteiger partial charge in [0.1, 0.15) is 5.82 Å². The van der Waals surface area contributed by atoms with Gasteiger partial charge in [0.15, 0.2) is 11.3 Å². The van der Waals surface area contributed by atoms with Gasteiger partial charge in [0.05, 0.1) is 9.40 Å². The summed E-state index contributed by atoms with van der Waals surface area (Å²) in [5.74, 6) is -0.371. The Morgan fingerprint density at radius 1 is 1.24 bits per heavy atom. The maximum Gasteiger partial charge on any atom is 0.274 e. The van der Waals surface area contributed by atoms with E-state index >= 15 is 0 Å². The monoisotopic (exact) mass is 600 g/mol. The minimum atomic E-state index is -3.88. The molecule has 0 saturated heterocycles. The molecule has 198 valence electrons. The highest BCUT2D eigenvalue weighted by Crippen LogP contribution is 2.28. The van der Waals surface area contributed by atoms with Gasteiger partial charge in [-0.3, -0.25) is 10.1 Å². The summed E-state index contributed by atoms with van der Waals surface area (Å²) >= 11 is 3.12. The third-order valence-corrected chi connectivity index (χ3v) is 5.97. The van der Waals surface area contributed by atoms with Gasteiger partial charge in [-0.2, -0.15) is 8.42 Å². The second-order valence-corrected chi connectivity index (χ2v) is 10.2. The van der Waals surface area contributed by atoms with Crippen molar-refractivity contribution in [2.24, 2.45) is 10.3 Å². The molecular formula is C20H22BrFN8O6S. The summed E-state index contributed by atoms with van der Waals surface area (Å²) in [5, 5.41) is 33.4. The first-order chi connectivity index (χ1) is 17.4. The predicted octanol–water partition coefficient (Wildman–Crippen LogP) is 2.81. The van der Waals surface area contributed by atoms with Gasteiger partial charge in [-0.25, -0.2) is 18.9 Å². The van der Waals surface area contributed by atoms with Crippen molar-refractivity contribution in [3.63, 3.8) is 0 Å². The molecule has 14 nitrogen and oxygen atoms in total. The fourth-order valence-corrected chi connectivity index (χ4v) is 3.63. The van der Waals surface area contributed by atoms with Gasteiger partial charge in [0, 0.05) is 30.9 Å². The summed E-state index contributed by atoms with van der Waals surface area (Å²) < 4.78 is 43.0. The number of hydrogen-bond acceptors (Lipinski definition) is 10. The van der Waals surface area contributed by atoms with E-state index in [1.807, 2.05) is 0 Å². The molecule has 0 aliphatic rings. The maximum atomic E-state index is 13.7. The number of hydrogen-bond donors (Lipinski definition) is 4. The van der Waals surface area contributed by atoms with Crippen LogP contribution in [-0.2, 0) is 20.6 Å². The molecule has 0 atom stereocenters. The van der Waals surface area contributed by atoms with E-state index in [2.05, 4.69) is 46.8 Å². The van der Waals surface area contributed by atoms with Crippen LogP contribution in [0.1, 0.15) is 25.1 Å². The number of nitrogens with one attached hydrogen (secondary N) is 3. The number of nitro benzene ring substituents is 1. The molecule has 2 aromatic carbocycles. The highest BCUT2D eigenvalue weighted by Gasteiger charge is 2.26. The highest BCUT2D eigenvalue weighted by molar-refractivity contribution is 9.10. The lowest BCUT2D eigenvalue weighted by Crippen LogP contribution is -2.34. The topological polar surface area (TPSA) is 200 Å². The SMILES string of the molecule is CC(C)(O/N=C(\Nc1ccc(F)c(Br)c1)c1nonc1NCCNS(N)(=O)=O)c1ccc([N+](=O)[O-])cc1. The molecule has 0 bridgehead atoms. The van der Waals surface area contributed by atoms with E-state index < -0.39 is 26.6 Å². The molecule has 0 aliphatic heterocycles. The lowest BCUT2D eigenvalue weighted by Gasteiger charge is -2.23. The van der Waals surface area contributed by atoms with E-state index in [0.29, 0.717) is 11.3 Å². The van der Waals surface area contributed by atoms with E-state index in [-0.39, 0.29) is 40.6 Å². The number of aromatic nitrogens is 2. The molecular weight excluding hydrogens is 579 g/mol. The van der Waals surface area contributed by atoms with Crippen LogP contribution in [0.25, 0.3) is 0 Å². The minimum Gasteiger partial charge on any atom is -0.383 e. The molecule has 0 spiro atoms. The Morgan fingerprint density at radius 3 is 2.57 bits per heavy atom. The van der Waals surface area contributed by atoms with E-state index in [1.165, 1.54) is 30.3 Å². The molecule has 1 aromatic heterocycles. The van der Waals surface area contributed by atoms with Crippen molar-refractivity contribution in [1.29, 1.82) is 0 Å². The van der Waals surface area contributed by atoms with Crippen LogP contribution in [0.4, 0.5) is 21.6 Å². The molecule has 17 heteroatoms. The van der Waals surface area contributed by atoms with Crippen molar-refractivity contribution in [3.8, 4) is 0 Å². The third kappa shape index (κ3) is 7.91. The first-order valence-corrected chi connectivity index (χ1v) is 12.8. The number of non-ortho nitro benzene ring substituents is 1. The second kappa shape index (κ2) is 11.6. The maximum absolute atomic E-state index is 13.7. The smallest absolute Gasteiger partial charge is 0.274 e. The predicted molar refractivity (Wildman–Crippen MR) is 135 cm³/mol. The first kappa shape index (κ1) is 27.9. The van der Waals surface area contributed by atoms with Crippen LogP contribution < -0.4 is 20.5 Å². The zero-order valence-electron chi connectivity index (χ0n) is 19.4. The van der Waals surface area contributed by atoms with E-state index in [9.17, 15) is 22.9 Å². The molecule has 3 rings (SSSR count). The fraction of sp³-hybridized carbons (Fsp3) is 0.250.